The van der Waals surface area contributed by atoms with Crippen LogP contribution >= 0.6 is 0 Å². The van der Waals surface area contributed by atoms with Crippen molar-refractivity contribution in [1.82, 2.24) is 0 Å². The van der Waals surface area contributed by atoms with Gasteiger partial charge in [0, 0.05) is 11.8 Å². The smallest absolute Gasteiger partial charge is 0.309 e. The van der Waals surface area contributed by atoms with Crippen LogP contribution in [-0.2, 0) is 19.0 Å². The lowest BCUT2D eigenvalue weighted by molar-refractivity contribution is -0.288. The number of hydrogen-bond acceptors (Lipinski definition) is 9. The van der Waals surface area contributed by atoms with Gasteiger partial charge in [-0.25, -0.2) is 0 Å². The molecule has 9 nitrogen and oxygen atoms in total. The third-order valence-corrected chi connectivity index (χ3v) is 6.91. The lowest BCUT2D eigenvalue weighted by atomic mass is 9.58. The minimum Gasteiger partial charge on any atom is -0.470 e. The number of rotatable bonds is 5. The Bertz CT molecular complexity index is 692. The molecule has 2 saturated heterocycles. The minimum atomic E-state index is -1.54. The molecule has 0 aromatic carbocycles. The predicted molar refractivity (Wildman–Crippen MR) is 104 cm³/mol. The van der Waals surface area contributed by atoms with Crippen LogP contribution in [0.1, 0.15) is 27.2 Å². The summed E-state index contributed by atoms with van der Waals surface area (Å²) in [5.74, 6) is -1.47. The monoisotopic (exact) mass is 428 g/mol. The third kappa shape index (κ3) is 3.79. The van der Waals surface area contributed by atoms with E-state index in [9.17, 15) is 30.3 Å². The standard InChI is InChI=1S/C21H32O9/c1-5-21(4)6-11(23)13-10(3)19(27)30-18(13)14(21)9(2)8-28-20-17(26)16(25)15(24)12(7-22)29-20/h5,8,10-18,20,22-26H,1,6-7H2,2-4H3/b9-8+/t10-,11+,12-,13-,14?,15-,16+,17-,18+,20-,21-/m1/s1. The van der Waals surface area contributed by atoms with Crippen molar-refractivity contribution in [2.24, 2.45) is 23.2 Å². The summed E-state index contributed by atoms with van der Waals surface area (Å²) >= 11 is 0. The molecule has 0 amide bonds. The molecule has 2 aliphatic heterocycles. The van der Waals surface area contributed by atoms with Crippen molar-refractivity contribution in [3.05, 3.63) is 24.5 Å². The number of esters is 1. The number of aliphatic hydroxyl groups is 5. The zero-order valence-corrected chi connectivity index (χ0v) is 17.4. The number of allylic oxidation sites excluding steroid dienone is 1. The molecule has 30 heavy (non-hydrogen) atoms. The molecule has 170 valence electrons. The van der Waals surface area contributed by atoms with Gasteiger partial charge in [0.1, 0.15) is 30.5 Å². The van der Waals surface area contributed by atoms with Gasteiger partial charge in [-0.2, -0.15) is 0 Å². The van der Waals surface area contributed by atoms with E-state index in [0.29, 0.717) is 12.0 Å². The average Bonchev–Trinajstić information content (AvgIpc) is 3.00. The Morgan fingerprint density at radius 3 is 2.53 bits per heavy atom. The maximum absolute atomic E-state index is 12.2. The summed E-state index contributed by atoms with van der Waals surface area (Å²) < 4.78 is 16.6. The molecule has 0 aromatic rings. The van der Waals surface area contributed by atoms with Gasteiger partial charge >= 0.3 is 5.97 Å². The molecule has 0 aromatic heterocycles. The first-order valence-corrected chi connectivity index (χ1v) is 10.2. The molecule has 0 bridgehead atoms. The van der Waals surface area contributed by atoms with Crippen LogP contribution in [-0.4, -0.2) is 81.0 Å². The topological polar surface area (TPSA) is 146 Å². The summed E-state index contributed by atoms with van der Waals surface area (Å²) in [6.07, 6.45) is -4.70. The molecule has 5 N–H and O–H groups in total. The second-order valence-corrected chi connectivity index (χ2v) is 8.92. The SMILES string of the molecule is C=C[C@]1(C)C[C@H](O)[C@@H]2[C@H](OC(=O)[C@@H]2C)C1/C(C)=C/O[C@@H]1O[C@H](CO)[C@@H](O)[C@H](O)[C@H]1O. The van der Waals surface area contributed by atoms with Gasteiger partial charge in [0.25, 0.3) is 0 Å². The van der Waals surface area contributed by atoms with Crippen LogP contribution in [0, 0.1) is 23.2 Å². The van der Waals surface area contributed by atoms with Crippen LogP contribution in [0.3, 0.4) is 0 Å². The van der Waals surface area contributed by atoms with Crippen molar-refractivity contribution in [3.63, 3.8) is 0 Å². The van der Waals surface area contributed by atoms with Gasteiger partial charge in [0.05, 0.1) is 24.9 Å². The molecule has 3 aliphatic rings. The molecule has 3 rings (SSSR count). The van der Waals surface area contributed by atoms with Gasteiger partial charge in [-0.3, -0.25) is 4.79 Å². The second-order valence-electron chi connectivity index (χ2n) is 8.92. The van der Waals surface area contributed by atoms with E-state index >= 15 is 0 Å². The zero-order chi connectivity index (χ0) is 22.4. The summed E-state index contributed by atoms with van der Waals surface area (Å²) in [6, 6.07) is 0. The number of fused-ring (bicyclic) bond motifs is 1. The van der Waals surface area contributed by atoms with Crippen LogP contribution in [0.2, 0.25) is 0 Å². The summed E-state index contributed by atoms with van der Waals surface area (Å²) in [4.78, 5) is 12.2. The molecule has 1 unspecified atom stereocenters. The number of hydrogen-bond donors (Lipinski definition) is 5. The summed E-state index contributed by atoms with van der Waals surface area (Å²) in [5.41, 5.74) is 0.0997. The van der Waals surface area contributed by atoms with E-state index in [-0.39, 0.29) is 17.8 Å². The Labute approximate surface area is 175 Å². The molecular weight excluding hydrogens is 396 g/mol. The van der Waals surface area contributed by atoms with E-state index in [2.05, 4.69) is 6.58 Å². The van der Waals surface area contributed by atoms with Gasteiger partial charge in [-0.1, -0.05) is 19.9 Å². The van der Waals surface area contributed by atoms with Crippen molar-refractivity contribution in [2.75, 3.05) is 6.61 Å². The highest BCUT2D eigenvalue weighted by molar-refractivity contribution is 5.75. The maximum Gasteiger partial charge on any atom is 0.309 e. The summed E-state index contributed by atoms with van der Waals surface area (Å²) in [5, 5.41) is 49.9. The number of aliphatic hydroxyl groups excluding tert-OH is 5. The van der Waals surface area contributed by atoms with Crippen LogP contribution in [0.15, 0.2) is 24.5 Å². The predicted octanol–water partition coefficient (Wildman–Crippen LogP) is -0.542. The van der Waals surface area contributed by atoms with Gasteiger partial charge in [0.15, 0.2) is 0 Å². The van der Waals surface area contributed by atoms with Crippen LogP contribution < -0.4 is 0 Å². The molecule has 1 saturated carbocycles. The Morgan fingerprint density at radius 1 is 1.27 bits per heavy atom. The first-order chi connectivity index (χ1) is 14.1. The molecule has 2 heterocycles. The molecule has 9 heteroatoms. The van der Waals surface area contributed by atoms with E-state index < -0.39 is 60.9 Å². The van der Waals surface area contributed by atoms with Gasteiger partial charge in [-0.05, 0) is 24.3 Å². The lowest BCUT2D eigenvalue weighted by Gasteiger charge is -2.48. The van der Waals surface area contributed by atoms with Crippen LogP contribution in [0.25, 0.3) is 0 Å². The summed E-state index contributed by atoms with van der Waals surface area (Å²) in [6.45, 7) is 8.79. The Hall–Kier alpha value is -1.49. The molecular formula is C21H32O9. The maximum atomic E-state index is 12.2. The van der Waals surface area contributed by atoms with E-state index in [1.54, 1.807) is 19.9 Å². The van der Waals surface area contributed by atoms with Crippen molar-refractivity contribution < 1.29 is 44.5 Å². The molecule has 0 spiro atoms. The van der Waals surface area contributed by atoms with E-state index in [1.165, 1.54) is 6.26 Å². The Kier molecular flexibility index (Phi) is 6.62. The fourth-order valence-corrected chi connectivity index (χ4v) is 5.11. The van der Waals surface area contributed by atoms with Crippen LogP contribution in [0.4, 0.5) is 0 Å². The fraction of sp³-hybridized carbons (Fsp3) is 0.762. The Morgan fingerprint density at radius 2 is 1.93 bits per heavy atom. The van der Waals surface area contributed by atoms with Crippen molar-refractivity contribution in [3.8, 4) is 0 Å². The molecule has 1 aliphatic carbocycles. The Balaban J connectivity index is 1.84. The first kappa shape index (κ1) is 23.2. The highest BCUT2D eigenvalue weighted by Gasteiger charge is 2.58. The second kappa shape index (κ2) is 8.57. The highest BCUT2D eigenvalue weighted by atomic mass is 16.7. The summed E-state index contributed by atoms with van der Waals surface area (Å²) in [7, 11) is 0. The largest absolute Gasteiger partial charge is 0.470 e. The first-order valence-electron chi connectivity index (χ1n) is 10.2. The molecule has 3 fully saturated rings. The lowest BCUT2D eigenvalue weighted by Crippen LogP contribution is -2.58. The van der Waals surface area contributed by atoms with E-state index in [1.807, 2.05) is 6.92 Å². The van der Waals surface area contributed by atoms with Crippen molar-refractivity contribution in [2.45, 2.75) is 70.1 Å². The van der Waals surface area contributed by atoms with Crippen molar-refractivity contribution in [1.29, 1.82) is 0 Å². The number of carbonyl (C=O) groups excluding carboxylic acids is 1. The fourth-order valence-electron chi connectivity index (χ4n) is 5.11. The van der Waals surface area contributed by atoms with Crippen molar-refractivity contribution >= 4 is 5.97 Å². The van der Waals surface area contributed by atoms with Gasteiger partial charge < -0.3 is 39.7 Å². The number of ether oxygens (including phenoxy) is 3. The van der Waals surface area contributed by atoms with Gasteiger partial charge in [0.2, 0.25) is 6.29 Å². The third-order valence-electron chi connectivity index (χ3n) is 6.91. The quantitative estimate of drug-likeness (QED) is 0.221. The molecule has 11 atom stereocenters. The molecule has 0 radical (unpaired) electrons. The van der Waals surface area contributed by atoms with Gasteiger partial charge in [-0.15, -0.1) is 6.58 Å². The highest BCUT2D eigenvalue weighted by Crippen LogP contribution is 2.53. The number of carbonyl (C=O) groups is 1. The normalized spacial score (nSPS) is 49.3. The average molecular weight is 428 g/mol. The zero-order valence-electron chi connectivity index (χ0n) is 17.4. The minimum absolute atomic E-state index is 0.331. The van der Waals surface area contributed by atoms with E-state index in [0.717, 1.165) is 0 Å². The van der Waals surface area contributed by atoms with E-state index in [4.69, 9.17) is 14.2 Å². The van der Waals surface area contributed by atoms with Crippen LogP contribution in [0.5, 0.6) is 0 Å².